The van der Waals surface area contributed by atoms with E-state index in [1.165, 1.54) is 0 Å². The summed E-state index contributed by atoms with van der Waals surface area (Å²) in [6.45, 7) is 2.35. The van der Waals surface area contributed by atoms with E-state index in [0.29, 0.717) is 6.54 Å². The van der Waals surface area contributed by atoms with Gasteiger partial charge in [0.1, 0.15) is 6.61 Å². The fourth-order valence-corrected chi connectivity index (χ4v) is 2.46. The molecule has 0 aromatic carbocycles. The summed E-state index contributed by atoms with van der Waals surface area (Å²) in [5, 5.41) is 10.6. The van der Waals surface area contributed by atoms with Crippen LogP contribution in [0.4, 0.5) is 0 Å². The largest absolute Gasteiger partial charge is 0.384 e. The molecule has 0 aliphatic rings. The predicted octanol–water partition coefficient (Wildman–Crippen LogP) is 1.61. The molecular formula is C14H13NO2S. The summed E-state index contributed by atoms with van der Waals surface area (Å²) in [5.74, 6) is 5.46. The van der Waals surface area contributed by atoms with Crippen molar-refractivity contribution in [3.63, 3.8) is 0 Å². The highest BCUT2D eigenvalue weighted by molar-refractivity contribution is 7.10. The Morgan fingerprint density at radius 3 is 3.00 bits per heavy atom. The highest BCUT2D eigenvalue weighted by Crippen LogP contribution is 2.15. The van der Waals surface area contributed by atoms with Crippen molar-refractivity contribution in [1.29, 1.82) is 0 Å². The van der Waals surface area contributed by atoms with E-state index in [1.807, 2.05) is 24.4 Å². The maximum atomic E-state index is 11.7. The molecule has 0 saturated heterocycles. The van der Waals surface area contributed by atoms with E-state index >= 15 is 0 Å². The molecule has 0 saturated carbocycles. The first-order valence-corrected chi connectivity index (χ1v) is 6.42. The molecule has 2 heterocycles. The summed E-state index contributed by atoms with van der Waals surface area (Å²) in [6.07, 6.45) is 0. The van der Waals surface area contributed by atoms with Crippen molar-refractivity contribution in [1.82, 2.24) is 4.57 Å². The Morgan fingerprint density at radius 1 is 1.44 bits per heavy atom. The summed E-state index contributed by atoms with van der Waals surface area (Å²) >= 11 is 1.57. The van der Waals surface area contributed by atoms with E-state index in [-0.39, 0.29) is 12.2 Å². The number of aromatic nitrogens is 1. The third-order valence-electron chi connectivity index (χ3n) is 2.55. The van der Waals surface area contributed by atoms with Gasteiger partial charge in [-0.3, -0.25) is 4.79 Å². The molecule has 0 unspecified atom stereocenters. The van der Waals surface area contributed by atoms with Crippen molar-refractivity contribution in [2.45, 2.75) is 13.5 Å². The number of rotatable bonds is 2. The van der Waals surface area contributed by atoms with Crippen LogP contribution in [0.3, 0.4) is 0 Å². The highest BCUT2D eigenvalue weighted by Gasteiger charge is 2.03. The van der Waals surface area contributed by atoms with Crippen molar-refractivity contribution in [3.8, 4) is 11.8 Å². The first-order valence-electron chi connectivity index (χ1n) is 5.54. The van der Waals surface area contributed by atoms with Gasteiger partial charge >= 0.3 is 0 Å². The third kappa shape index (κ3) is 2.89. The summed E-state index contributed by atoms with van der Waals surface area (Å²) in [6, 6.07) is 7.20. The summed E-state index contributed by atoms with van der Waals surface area (Å²) < 4.78 is 1.73. The Morgan fingerprint density at radius 2 is 2.28 bits per heavy atom. The van der Waals surface area contributed by atoms with Gasteiger partial charge in [-0.1, -0.05) is 17.9 Å². The summed E-state index contributed by atoms with van der Waals surface area (Å²) in [7, 11) is 0. The van der Waals surface area contributed by atoms with Crippen LogP contribution in [0.1, 0.15) is 16.1 Å². The van der Waals surface area contributed by atoms with Crippen LogP contribution in [0.2, 0.25) is 0 Å². The van der Waals surface area contributed by atoms with Crippen LogP contribution in [-0.4, -0.2) is 16.3 Å². The minimum atomic E-state index is -0.136. The Balaban J connectivity index is 2.24. The maximum Gasteiger partial charge on any atom is 0.251 e. The normalized spacial score (nSPS) is 9.89. The number of hydrogen-bond acceptors (Lipinski definition) is 3. The van der Waals surface area contributed by atoms with Gasteiger partial charge in [-0.05, 0) is 19.1 Å². The SMILES string of the molecule is Cc1cccc(=O)n1Cc1cc(C#CCO)cs1. The lowest BCUT2D eigenvalue weighted by Crippen LogP contribution is -2.20. The lowest BCUT2D eigenvalue weighted by atomic mass is 10.3. The van der Waals surface area contributed by atoms with Crippen LogP contribution >= 0.6 is 11.3 Å². The van der Waals surface area contributed by atoms with Crippen LogP contribution in [0.15, 0.2) is 34.4 Å². The van der Waals surface area contributed by atoms with Gasteiger partial charge < -0.3 is 9.67 Å². The van der Waals surface area contributed by atoms with E-state index in [9.17, 15) is 4.79 Å². The van der Waals surface area contributed by atoms with Crippen LogP contribution in [0.5, 0.6) is 0 Å². The van der Waals surface area contributed by atoms with Crippen LogP contribution < -0.4 is 5.56 Å². The summed E-state index contributed by atoms with van der Waals surface area (Å²) in [4.78, 5) is 12.8. The molecule has 92 valence electrons. The number of nitrogens with zero attached hydrogens (tertiary/aromatic N) is 1. The second-order valence-electron chi connectivity index (χ2n) is 3.85. The van der Waals surface area contributed by atoms with Crippen molar-refractivity contribution in [3.05, 3.63) is 56.1 Å². The average Bonchev–Trinajstić information content (AvgIpc) is 2.79. The molecule has 0 aliphatic heterocycles. The van der Waals surface area contributed by atoms with Gasteiger partial charge in [0.15, 0.2) is 0 Å². The Labute approximate surface area is 109 Å². The molecule has 0 spiro atoms. The van der Waals surface area contributed by atoms with E-state index < -0.39 is 0 Å². The third-order valence-corrected chi connectivity index (χ3v) is 3.47. The Kier molecular flexibility index (Phi) is 3.98. The number of thiophene rings is 1. The molecule has 0 aliphatic carbocycles. The van der Waals surface area contributed by atoms with Gasteiger partial charge in [0.05, 0.1) is 6.54 Å². The Bertz CT molecular complexity index is 658. The zero-order valence-corrected chi connectivity index (χ0v) is 10.8. The van der Waals surface area contributed by atoms with E-state index in [1.54, 1.807) is 28.0 Å². The molecule has 0 amide bonds. The molecular weight excluding hydrogens is 246 g/mol. The van der Waals surface area contributed by atoms with Crippen LogP contribution in [0.25, 0.3) is 0 Å². The number of pyridine rings is 1. The van der Waals surface area contributed by atoms with Crippen LogP contribution in [0, 0.1) is 18.8 Å². The second-order valence-corrected chi connectivity index (χ2v) is 4.85. The molecule has 3 nitrogen and oxygen atoms in total. The van der Waals surface area contributed by atoms with Gasteiger partial charge in [-0.25, -0.2) is 0 Å². The Hall–Kier alpha value is -1.83. The predicted molar refractivity (Wildman–Crippen MR) is 72.8 cm³/mol. The number of aliphatic hydroxyl groups excluding tert-OH is 1. The maximum absolute atomic E-state index is 11.7. The van der Waals surface area contributed by atoms with Crippen LogP contribution in [-0.2, 0) is 6.54 Å². The standard InChI is InChI=1S/C14H13NO2S/c1-11-4-2-6-14(17)15(11)9-13-8-12(10-18-13)5-3-7-16/h2,4,6,8,10,16H,7,9H2,1H3. The molecule has 2 aromatic rings. The van der Waals surface area contributed by atoms with E-state index in [4.69, 9.17) is 5.11 Å². The van der Waals surface area contributed by atoms with E-state index in [2.05, 4.69) is 11.8 Å². The zero-order valence-electron chi connectivity index (χ0n) is 10.0. The highest BCUT2D eigenvalue weighted by atomic mass is 32.1. The first-order chi connectivity index (χ1) is 8.70. The fraction of sp³-hybridized carbons (Fsp3) is 0.214. The fourth-order valence-electron chi connectivity index (χ4n) is 1.65. The molecule has 2 aromatic heterocycles. The number of aryl methyl sites for hydroxylation is 1. The van der Waals surface area contributed by atoms with Crippen molar-refractivity contribution in [2.75, 3.05) is 6.61 Å². The minimum Gasteiger partial charge on any atom is -0.384 e. The molecule has 0 radical (unpaired) electrons. The lowest BCUT2D eigenvalue weighted by molar-refractivity contribution is 0.350. The number of hydrogen-bond donors (Lipinski definition) is 1. The van der Waals surface area contributed by atoms with Gasteiger partial charge in [0, 0.05) is 27.6 Å². The monoisotopic (exact) mass is 259 g/mol. The first kappa shape index (κ1) is 12.6. The van der Waals surface area contributed by atoms with Gasteiger partial charge in [-0.15, -0.1) is 11.3 Å². The molecule has 0 bridgehead atoms. The van der Waals surface area contributed by atoms with Gasteiger partial charge in [0.25, 0.3) is 5.56 Å². The quantitative estimate of drug-likeness (QED) is 0.833. The second kappa shape index (κ2) is 5.67. The zero-order chi connectivity index (χ0) is 13.0. The molecule has 18 heavy (non-hydrogen) atoms. The minimum absolute atomic E-state index is 0.00592. The van der Waals surface area contributed by atoms with E-state index in [0.717, 1.165) is 16.1 Å². The van der Waals surface area contributed by atoms with Crippen molar-refractivity contribution >= 4 is 11.3 Å². The topological polar surface area (TPSA) is 42.2 Å². The lowest BCUT2D eigenvalue weighted by Gasteiger charge is -2.06. The average molecular weight is 259 g/mol. The smallest absolute Gasteiger partial charge is 0.251 e. The molecule has 0 atom stereocenters. The summed E-state index contributed by atoms with van der Waals surface area (Å²) in [5.41, 5.74) is 1.83. The van der Waals surface area contributed by atoms with Crippen molar-refractivity contribution < 1.29 is 5.11 Å². The number of aliphatic hydroxyl groups is 1. The molecule has 1 N–H and O–H groups in total. The van der Waals surface area contributed by atoms with Gasteiger partial charge in [-0.2, -0.15) is 0 Å². The molecule has 2 rings (SSSR count). The van der Waals surface area contributed by atoms with Gasteiger partial charge in [0.2, 0.25) is 0 Å². The van der Waals surface area contributed by atoms with Crippen molar-refractivity contribution in [2.24, 2.45) is 0 Å². The molecule has 0 fully saturated rings. The molecule has 4 heteroatoms.